The highest BCUT2D eigenvalue weighted by Gasteiger charge is 1.94. The van der Waals surface area contributed by atoms with Crippen molar-refractivity contribution >= 4 is 5.71 Å². The Morgan fingerprint density at radius 2 is 2.00 bits per heavy atom. The number of hydrogen-bond acceptors (Lipinski definition) is 1. The molecule has 0 aromatic heterocycles. The van der Waals surface area contributed by atoms with Gasteiger partial charge in [-0.15, -0.1) is 0 Å². The van der Waals surface area contributed by atoms with Crippen LogP contribution in [0.4, 0.5) is 0 Å². The van der Waals surface area contributed by atoms with Gasteiger partial charge in [0.2, 0.25) is 0 Å². The monoisotopic (exact) mass is 165 g/mol. The first-order chi connectivity index (χ1) is 5.56. The Hall–Kier alpha value is -0.850. The van der Waals surface area contributed by atoms with Crippen molar-refractivity contribution < 1.29 is 0 Å². The Bertz CT molecular complexity index is 197. The molecule has 0 fully saturated rings. The molecule has 0 saturated carbocycles. The second kappa shape index (κ2) is 5.76. The van der Waals surface area contributed by atoms with Crippen LogP contribution >= 0.6 is 0 Å². The summed E-state index contributed by atoms with van der Waals surface area (Å²) in [5, 5.41) is 0. The van der Waals surface area contributed by atoms with E-state index in [9.17, 15) is 0 Å². The second-order valence-corrected chi connectivity index (χ2v) is 3.54. The summed E-state index contributed by atoms with van der Waals surface area (Å²) in [5.41, 5.74) is 2.30. The number of allylic oxidation sites excluding steroid dienone is 2. The summed E-state index contributed by atoms with van der Waals surface area (Å²) in [6.07, 6.45) is 4.75. The van der Waals surface area contributed by atoms with Gasteiger partial charge in [0.05, 0.1) is 0 Å². The van der Waals surface area contributed by atoms with Crippen LogP contribution in [0, 0.1) is 5.92 Å². The van der Waals surface area contributed by atoms with Crippen LogP contribution in [0.25, 0.3) is 0 Å². The van der Waals surface area contributed by atoms with Gasteiger partial charge in [-0.3, -0.25) is 4.99 Å². The van der Waals surface area contributed by atoms with Gasteiger partial charge in [0.1, 0.15) is 0 Å². The molecule has 0 unspecified atom stereocenters. The number of aliphatic imine (C=N–C) groups is 1. The summed E-state index contributed by atoms with van der Waals surface area (Å²) in [6.45, 7) is 12.1. The molecule has 0 aromatic rings. The van der Waals surface area contributed by atoms with Crippen LogP contribution in [-0.2, 0) is 0 Å². The maximum absolute atomic E-state index is 4.32. The van der Waals surface area contributed by atoms with Gasteiger partial charge >= 0.3 is 0 Å². The standard InChI is InChI=1S/C11H19N/c1-6-10(4)8-12-11(5)7-9(2)3/h6,8-9H,1,7H2,2-5H3/b10-8-,12-11+. The van der Waals surface area contributed by atoms with Crippen molar-refractivity contribution in [1.82, 2.24) is 0 Å². The van der Waals surface area contributed by atoms with Crippen molar-refractivity contribution in [2.45, 2.75) is 34.1 Å². The molecule has 1 nitrogen and oxygen atoms in total. The van der Waals surface area contributed by atoms with Crippen LogP contribution < -0.4 is 0 Å². The fourth-order valence-corrected chi connectivity index (χ4v) is 0.908. The van der Waals surface area contributed by atoms with Gasteiger partial charge in [-0.2, -0.15) is 0 Å². The largest absolute Gasteiger partial charge is 0.266 e. The SMILES string of the molecule is C=C/C(C)=C\N=C(/C)CC(C)C. The maximum Gasteiger partial charge on any atom is 0.0296 e. The lowest BCUT2D eigenvalue weighted by atomic mass is 10.1. The zero-order valence-corrected chi connectivity index (χ0v) is 8.59. The first-order valence-corrected chi connectivity index (χ1v) is 4.38. The molecule has 0 aromatic carbocycles. The second-order valence-electron chi connectivity index (χ2n) is 3.54. The lowest BCUT2D eigenvalue weighted by Gasteiger charge is -2.01. The summed E-state index contributed by atoms with van der Waals surface area (Å²) in [5.74, 6) is 0.686. The molecular weight excluding hydrogens is 146 g/mol. The highest BCUT2D eigenvalue weighted by atomic mass is 14.7. The molecule has 0 N–H and O–H groups in total. The molecule has 12 heavy (non-hydrogen) atoms. The van der Waals surface area contributed by atoms with Gasteiger partial charge < -0.3 is 0 Å². The molecule has 0 aliphatic carbocycles. The van der Waals surface area contributed by atoms with Crippen LogP contribution in [0.5, 0.6) is 0 Å². The van der Waals surface area contributed by atoms with Crippen molar-refractivity contribution in [1.29, 1.82) is 0 Å². The fraction of sp³-hybridized carbons (Fsp3) is 0.545. The Morgan fingerprint density at radius 1 is 1.42 bits per heavy atom. The molecule has 0 amide bonds. The average molecular weight is 165 g/mol. The molecule has 0 bridgehead atoms. The van der Waals surface area contributed by atoms with Gasteiger partial charge in [0, 0.05) is 11.9 Å². The molecule has 0 saturated heterocycles. The third-order valence-electron chi connectivity index (χ3n) is 1.51. The normalized spacial score (nSPS) is 13.8. The van der Waals surface area contributed by atoms with Crippen LogP contribution in [0.2, 0.25) is 0 Å². The Balaban J connectivity index is 4.08. The molecule has 1 heteroatoms. The molecule has 0 spiro atoms. The zero-order valence-electron chi connectivity index (χ0n) is 8.59. The van der Waals surface area contributed by atoms with Crippen molar-refractivity contribution in [2.24, 2.45) is 10.9 Å². The van der Waals surface area contributed by atoms with Crippen LogP contribution in [0.3, 0.4) is 0 Å². The average Bonchev–Trinajstić information content (AvgIpc) is 1.99. The summed E-state index contributed by atoms with van der Waals surface area (Å²) in [4.78, 5) is 4.32. The van der Waals surface area contributed by atoms with E-state index in [0.717, 1.165) is 12.0 Å². The van der Waals surface area contributed by atoms with Gasteiger partial charge in [0.15, 0.2) is 0 Å². The van der Waals surface area contributed by atoms with E-state index < -0.39 is 0 Å². The number of rotatable bonds is 4. The molecule has 0 atom stereocenters. The van der Waals surface area contributed by atoms with Crippen molar-refractivity contribution in [3.05, 3.63) is 24.4 Å². The van der Waals surface area contributed by atoms with Crippen LogP contribution in [-0.4, -0.2) is 5.71 Å². The Morgan fingerprint density at radius 3 is 2.42 bits per heavy atom. The topological polar surface area (TPSA) is 12.4 Å². The summed E-state index contributed by atoms with van der Waals surface area (Å²) >= 11 is 0. The van der Waals surface area contributed by atoms with Gasteiger partial charge in [-0.05, 0) is 31.8 Å². The van der Waals surface area contributed by atoms with E-state index in [1.807, 2.05) is 19.2 Å². The predicted octanol–water partition coefficient (Wildman–Crippen LogP) is 3.58. The maximum atomic E-state index is 4.32. The minimum atomic E-state index is 0.686. The Labute approximate surface area is 75.9 Å². The van der Waals surface area contributed by atoms with Crippen molar-refractivity contribution in [2.75, 3.05) is 0 Å². The van der Waals surface area contributed by atoms with Crippen molar-refractivity contribution in [3.8, 4) is 0 Å². The quantitative estimate of drug-likeness (QED) is 0.446. The summed E-state index contributed by atoms with van der Waals surface area (Å²) < 4.78 is 0. The lowest BCUT2D eigenvalue weighted by Crippen LogP contribution is -1.96. The van der Waals surface area contributed by atoms with E-state index in [0.29, 0.717) is 5.92 Å². The van der Waals surface area contributed by atoms with E-state index in [2.05, 4.69) is 32.3 Å². The third kappa shape index (κ3) is 5.90. The molecule has 0 heterocycles. The minimum absolute atomic E-state index is 0.686. The highest BCUT2D eigenvalue weighted by molar-refractivity contribution is 5.82. The van der Waals surface area contributed by atoms with E-state index >= 15 is 0 Å². The smallest absolute Gasteiger partial charge is 0.0296 e. The fourth-order valence-electron chi connectivity index (χ4n) is 0.908. The molecule has 0 aliphatic heterocycles. The van der Waals surface area contributed by atoms with E-state index in [1.54, 1.807) is 0 Å². The Kier molecular flexibility index (Phi) is 5.35. The van der Waals surface area contributed by atoms with Gasteiger partial charge in [-0.25, -0.2) is 0 Å². The lowest BCUT2D eigenvalue weighted by molar-refractivity contribution is 0.682. The zero-order chi connectivity index (χ0) is 9.56. The molecule has 0 radical (unpaired) electrons. The van der Waals surface area contributed by atoms with E-state index in [4.69, 9.17) is 0 Å². The molecular formula is C11H19N. The summed E-state index contributed by atoms with van der Waals surface area (Å²) in [6, 6.07) is 0. The first-order valence-electron chi connectivity index (χ1n) is 4.38. The molecule has 0 aliphatic rings. The predicted molar refractivity (Wildman–Crippen MR) is 56.5 cm³/mol. The number of nitrogens with zero attached hydrogens (tertiary/aromatic N) is 1. The summed E-state index contributed by atoms with van der Waals surface area (Å²) in [7, 11) is 0. The van der Waals surface area contributed by atoms with Crippen LogP contribution in [0.15, 0.2) is 29.4 Å². The molecule has 0 rings (SSSR count). The van der Waals surface area contributed by atoms with E-state index in [1.165, 1.54) is 5.71 Å². The van der Waals surface area contributed by atoms with E-state index in [-0.39, 0.29) is 0 Å². The first kappa shape index (κ1) is 11.2. The van der Waals surface area contributed by atoms with Crippen molar-refractivity contribution in [3.63, 3.8) is 0 Å². The number of hydrogen-bond donors (Lipinski definition) is 0. The van der Waals surface area contributed by atoms with Crippen LogP contribution in [0.1, 0.15) is 34.1 Å². The highest BCUT2D eigenvalue weighted by Crippen LogP contribution is 2.02. The van der Waals surface area contributed by atoms with Gasteiger partial charge in [0.25, 0.3) is 0 Å². The third-order valence-corrected chi connectivity index (χ3v) is 1.51. The van der Waals surface area contributed by atoms with Gasteiger partial charge in [-0.1, -0.05) is 26.5 Å². The minimum Gasteiger partial charge on any atom is -0.266 e. The molecule has 68 valence electrons.